The topological polar surface area (TPSA) is 78.4 Å². The summed E-state index contributed by atoms with van der Waals surface area (Å²) in [5.74, 6) is -2.42. The van der Waals surface area contributed by atoms with Crippen LogP contribution in [0.4, 0.5) is 14.5 Å². The van der Waals surface area contributed by atoms with E-state index < -0.39 is 28.5 Å². The van der Waals surface area contributed by atoms with E-state index in [-0.39, 0.29) is 34.0 Å². The summed E-state index contributed by atoms with van der Waals surface area (Å²) >= 11 is 0. The van der Waals surface area contributed by atoms with Crippen molar-refractivity contribution in [2.45, 2.75) is 18.4 Å². The Bertz CT molecular complexity index is 1180. The van der Waals surface area contributed by atoms with Crippen LogP contribution in [0.5, 0.6) is 5.75 Å². The third-order valence-corrected chi connectivity index (χ3v) is 5.85. The highest BCUT2D eigenvalue weighted by atomic mass is 32.2. The third kappa shape index (κ3) is 3.47. The molecule has 3 aromatic rings. The number of phenols is 1. The first-order chi connectivity index (χ1) is 13.8. The lowest BCUT2D eigenvalue weighted by molar-refractivity contribution is 0.0950. The van der Waals surface area contributed by atoms with E-state index in [0.29, 0.717) is 22.8 Å². The summed E-state index contributed by atoms with van der Waals surface area (Å²) in [6, 6.07) is 11.5. The van der Waals surface area contributed by atoms with Crippen molar-refractivity contribution in [3.63, 3.8) is 0 Å². The molecule has 3 aromatic carbocycles. The van der Waals surface area contributed by atoms with Gasteiger partial charge in [-0.05, 0) is 41.8 Å². The molecule has 0 aromatic heterocycles. The van der Waals surface area contributed by atoms with Gasteiger partial charge in [-0.25, -0.2) is 13.0 Å². The Morgan fingerprint density at radius 3 is 2.59 bits per heavy atom. The lowest BCUT2D eigenvalue weighted by Gasteiger charge is -2.13. The van der Waals surface area contributed by atoms with Crippen LogP contribution in [0.1, 0.15) is 21.5 Å². The second kappa shape index (κ2) is 7.29. The zero-order valence-corrected chi connectivity index (χ0v) is 16.1. The van der Waals surface area contributed by atoms with Crippen LogP contribution in [0, 0.1) is 18.6 Å². The molecule has 4 rings (SSSR count). The van der Waals surface area contributed by atoms with Gasteiger partial charge < -0.3 is 10.4 Å². The smallest absolute Gasteiger partial charge is 0.251 e. The third-order valence-electron chi connectivity index (χ3n) is 4.73. The molecule has 0 radical (unpaired) electrons. The van der Waals surface area contributed by atoms with Gasteiger partial charge in [-0.1, -0.05) is 24.3 Å². The number of phenolic OH excluding ortho intramolecular Hbond substituents is 1. The number of anilines is 1. The predicted molar refractivity (Wildman–Crippen MR) is 106 cm³/mol. The standard InChI is InChI=1S/C21H16F2N2O3S/c1-11-6-13-7-19(20(11)26)29(28)25-18-8-15(16(22)9-17(18)23)14-5-3-2-4-12(14)10-24-21(13)27/h2-9,25-26H,10H2,1H3,(H,24,27). The Balaban J connectivity index is 1.95. The van der Waals surface area contributed by atoms with Crippen LogP contribution >= 0.6 is 0 Å². The van der Waals surface area contributed by atoms with Gasteiger partial charge in [-0.3, -0.25) is 9.52 Å². The highest BCUT2D eigenvalue weighted by Crippen LogP contribution is 2.33. The number of carbonyl (C=O) groups is 1. The highest BCUT2D eigenvalue weighted by Gasteiger charge is 2.21. The molecule has 1 atom stereocenters. The summed E-state index contributed by atoms with van der Waals surface area (Å²) in [5.41, 5.74) is 1.56. The van der Waals surface area contributed by atoms with Gasteiger partial charge in [0.2, 0.25) is 0 Å². The second-order valence-corrected chi connectivity index (χ2v) is 7.84. The molecule has 1 aliphatic rings. The largest absolute Gasteiger partial charge is 0.506 e. The summed E-state index contributed by atoms with van der Waals surface area (Å²) in [7, 11) is -2.09. The minimum absolute atomic E-state index is 0.0720. The van der Waals surface area contributed by atoms with E-state index in [1.807, 2.05) is 0 Å². The molecule has 148 valence electrons. The van der Waals surface area contributed by atoms with Crippen molar-refractivity contribution in [2.75, 3.05) is 4.72 Å². The van der Waals surface area contributed by atoms with E-state index in [0.717, 1.165) is 0 Å². The number of fused-ring (bicyclic) bond motifs is 6. The van der Waals surface area contributed by atoms with Crippen LogP contribution in [-0.2, 0) is 17.5 Å². The molecular weight excluding hydrogens is 398 g/mol. The average Bonchev–Trinajstić information content (AvgIpc) is 2.70. The number of aromatic hydroxyl groups is 1. The molecule has 3 N–H and O–H groups in total. The van der Waals surface area contributed by atoms with Gasteiger partial charge >= 0.3 is 0 Å². The molecule has 0 spiro atoms. The first kappa shape index (κ1) is 19.1. The predicted octanol–water partition coefficient (Wildman–Crippen LogP) is 4.02. The maximum atomic E-state index is 14.6. The molecule has 1 aliphatic heterocycles. The lowest BCUT2D eigenvalue weighted by Crippen LogP contribution is -2.23. The average molecular weight is 414 g/mol. The zero-order chi connectivity index (χ0) is 20.7. The van der Waals surface area contributed by atoms with E-state index in [4.69, 9.17) is 0 Å². The molecule has 1 unspecified atom stereocenters. The Morgan fingerprint density at radius 2 is 1.79 bits per heavy atom. The molecular formula is C21H16F2N2O3S. The maximum absolute atomic E-state index is 14.6. The van der Waals surface area contributed by atoms with Crippen molar-refractivity contribution in [1.29, 1.82) is 0 Å². The fraction of sp³-hybridized carbons (Fsp3) is 0.0952. The van der Waals surface area contributed by atoms with Gasteiger partial charge in [0.25, 0.3) is 5.91 Å². The Morgan fingerprint density at radius 1 is 1.03 bits per heavy atom. The molecule has 1 heterocycles. The minimum Gasteiger partial charge on any atom is -0.506 e. The quantitative estimate of drug-likeness (QED) is 0.520. The normalized spacial score (nSPS) is 15.8. The number of carbonyl (C=O) groups excluding carboxylic acids is 1. The van der Waals surface area contributed by atoms with E-state index in [1.165, 1.54) is 18.2 Å². The molecule has 0 saturated carbocycles. The number of aryl methyl sites for hydroxylation is 1. The lowest BCUT2D eigenvalue weighted by atomic mass is 9.98. The van der Waals surface area contributed by atoms with Crippen molar-refractivity contribution in [3.05, 3.63) is 76.9 Å². The van der Waals surface area contributed by atoms with E-state index >= 15 is 0 Å². The van der Waals surface area contributed by atoms with Crippen LogP contribution in [0.15, 0.2) is 53.4 Å². The monoisotopic (exact) mass is 414 g/mol. The first-order valence-corrected chi connectivity index (χ1v) is 9.87. The second-order valence-electron chi connectivity index (χ2n) is 6.66. The molecule has 0 aliphatic carbocycles. The number of nitrogens with one attached hydrogen (secondary N) is 2. The fourth-order valence-electron chi connectivity index (χ4n) is 3.22. The summed E-state index contributed by atoms with van der Waals surface area (Å²) in [6.45, 7) is 1.67. The molecule has 5 nitrogen and oxygen atoms in total. The van der Waals surface area contributed by atoms with E-state index in [2.05, 4.69) is 10.0 Å². The molecule has 0 fully saturated rings. The van der Waals surface area contributed by atoms with Crippen molar-refractivity contribution >= 4 is 22.6 Å². The van der Waals surface area contributed by atoms with Gasteiger partial charge in [0.05, 0.1) is 5.69 Å². The summed E-state index contributed by atoms with van der Waals surface area (Å²) in [6.07, 6.45) is 0. The molecule has 1 amide bonds. The highest BCUT2D eigenvalue weighted by molar-refractivity contribution is 7.86. The Labute approximate surface area is 168 Å². The van der Waals surface area contributed by atoms with Crippen LogP contribution in [0.2, 0.25) is 0 Å². The Hall–Kier alpha value is -3.26. The van der Waals surface area contributed by atoms with E-state index in [1.54, 1.807) is 31.2 Å². The number of amides is 1. The van der Waals surface area contributed by atoms with Crippen LogP contribution in [-0.4, -0.2) is 15.2 Å². The number of hydrogen-bond acceptors (Lipinski definition) is 3. The minimum atomic E-state index is -2.09. The van der Waals surface area contributed by atoms with Gasteiger partial charge in [0.15, 0.2) is 11.0 Å². The zero-order valence-electron chi connectivity index (χ0n) is 15.3. The maximum Gasteiger partial charge on any atom is 0.251 e. The van der Waals surface area contributed by atoms with Crippen LogP contribution < -0.4 is 10.0 Å². The van der Waals surface area contributed by atoms with Gasteiger partial charge in [-0.2, -0.15) is 0 Å². The number of hydrogen-bond donors (Lipinski definition) is 3. The number of halogens is 2. The summed E-state index contributed by atoms with van der Waals surface area (Å²) in [4.78, 5) is 12.6. The van der Waals surface area contributed by atoms with Crippen molar-refractivity contribution in [3.8, 4) is 16.9 Å². The summed E-state index contributed by atoms with van der Waals surface area (Å²) < 4.78 is 44.2. The van der Waals surface area contributed by atoms with Crippen LogP contribution in [0.25, 0.3) is 11.1 Å². The molecule has 29 heavy (non-hydrogen) atoms. The van der Waals surface area contributed by atoms with Crippen LogP contribution in [0.3, 0.4) is 0 Å². The van der Waals surface area contributed by atoms with Gasteiger partial charge in [0.1, 0.15) is 22.3 Å². The number of benzene rings is 3. The summed E-state index contributed by atoms with van der Waals surface area (Å²) in [5, 5.41) is 13.0. The van der Waals surface area contributed by atoms with Crippen molar-refractivity contribution < 1.29 is 22.9 Å². The van der Waals surface area contributed by atoms with E-state index in [9.17, 15) is 22.9 Å². The molecule has 4 bridgehead atoms. The SMILES string of the molecule is Cc1cc2cc(c1O)S(=O)Nc1cc(c(F)cc1F)-c1ccccc1CNC2=O. The van der Waals surface area contributed by atoms with Crippen molar-refractivity contribution in [2.24, 2.45) is 0 Å². The van der Waals surface area contributed by atoms with Gasteiger partial charge in [0, 0.05) is 23.7 Å². The molecule has 0 saturated heterocycles. The van der Waals surface area contributed by atoms with Crippen molar-refractivity contribution in [1.82, 2.24) is 5.32 Å². The first-order valence-electron chi connectivity index (χ1n) is 8.72. The molecule has 8 heteroatoms. The Kier molecular flexibility index (Phi) is 4.79. The fourth-order valence-corrected chi connectivity index (χ4v) is 4.26. The number of rotatable bonds is 0. The van der Waals surface area contributed by atoms with Gasteiger partial charge in [-0.15, -0.1) is 0 Å².